The molecule has 130 valence electrons. The molecule has 2 saturated carbocycles. The molecule has 0 aromatic heterocycles. The number of allylic oxidation sites excluding steroid dienone is 2. The molecule has 5 heteroatoms. The molecule has 0 aliphatic heterocycles. The Hall–Kier alpha value is -2.43. The second-order valence-electron chi connectivity index (χ2n) is 7.07. The molecule has 0 N–H and O–H groups in total. The van der Waals surface area contributed by atoms with E-state index in [2.05, 4.69) is 6.08 Å². The first kappa shape index (κ1) is 16.1. The monoisotopic (exact) mass is 340 g/mol. The molecular weight excluding hydrogens is 320 g/mol. The highest BCUT2D eigenvalue weighted by molar-refractivity contribution is 5.98. The standard InChI is InChI=1S/C20H20O5/c1-24-19(22)17-12-7-8-13(15-9-14(12)15)18(17)20(23)25-10-16(21)11-5-3-2-4-6-11/h2-8,12-15,17-18H,9-10H2,1H3/t12-,13+,14+,15+,17-,18-/m0/s1. The summed E-state index contributed by atoms with van der Waals surface area (Å²) in [5.41, 5.74) is 0.507. The van der Waals surface area contributed by atoms with Crippen molar-refractivity contribution in [3.63, 3.8) is 0 Å². The van der Waals surface area contributed by atoms with E-state index in [4.69, 9.17) is 9.47 Å². The highest BCUT2D eigenvalue weighted by atomic mass is 16.5. The van der Waals surface area contributed by atoms with Crippen LogP contribution in [0.1, 0.15) is 16.8 Å². The van der Waals surface area contributed by atoms with Gasteiger partial charge in [0.1, 0.15) is 0 Å². The van der Waals surface area contributed by atoms with E-state index in [0.29, 0.717) is 17.4 Å². The van der Waals surface area contributed by atoms with Gasteiger partial charge in [0.05, 0.1) is 18.9 Å². The van der Waals surface area contributed by atoms with Crippen LogP contribution in [0.5, 0.6) is 0 Å². The molecule has 25 heavy (non-hydrogen) atoms. The van der Waals surface area contributed by atoms with Crippen LogP contribution < -0.4 is 0 Å². The summed E-state index contributed by atoms with van der Waals surface area (Å²) >= 11 is 0. The molecule has 2 fully saturated rings. The number of hydrogen-bond acceptors (Lipinski definition) is 5. The Bertz CT molecular complexity index is 738. The number of esters is 2. The summed E-state index contributed by atoms with van der Waals surface area (Å²) in [6, 6.07) is 8.73. The zero-order chi connectivity index (χ0) is 17.6. The number of carbonyl (C=O) groups excluding carboxylic acids is 3. The minimum atomic E-state index is -0.547. The van der Waals surface area contributed by atoms with Gasteiger partial charge in [-0.25, -0.2) is 0 Å². The van der Waals surface area contributed by atoms with Crippen LogP contribution in [-0.4, -0.2) is 31.4 Å². The highest BCUT2D eigenvalue weighted by Gasteiger charge is 2.63. The third-order valence-electron chi connectivity index (χ3n) is 5.84. The van der Waals surface area contributed by atoms with Gasteiger partial charge in [0, 0.05) is 5.56 Å². The molecule has 5 rings (SSSR count). The number of fused-ring (bicyclic) bond motifs is 1. The molecule has 0 saturated heterocycles. The molecule has 1 aromatic carbocycles. The number of ether oxygens (including phenoxy) is 2. The van der Waals surface area contributed by atoms with Crippen LogP contribution in [0.4, 0.5) is 0 Å². The number of ketones is 1. The third kappa shape index (κ3) is 2.68. The lowest BCUT2D eigenvalue weighted by atomic mass is 9.62. The quantitative estimate of drug-likeness (QED) is 0.467. The van der Waals surface area contributed by atoms with Gasteiger partial charge in [0.2, 0.25) is 0 Å². The van der Waals surface area contributed by atoms with Crippen molar-refractivity contribution in [3.8, 4) is 0 Å². The number of methoxy groups -OCH3 is 1. The molecule has 1 aromatic rings. The lowest BCUT2D eigenvalue weighted by molar-refractivity contribution is -0.165. The fourth-order valence-electron chi connectivity index (χ4n) is 4.60. The predicted octanol–water partition coefficient (Wildman–Crippen LogP) is 2.27. The summed E-state index contributed by atoms with van der Waals surface area (Å²) < 4.78 is 10.2. The van der Waals surface area contributed by atoms with E-state index in [-0.39, 0.29) is 30.2 Å². The van der Waals surface area contributed by atoms with E-state index in [1.807, 2.05) is 12.1 Å². The van der Waals surface area contributed by atoms with Gasteiger partial charge in [-0.1, -0.05) is 42.5 Å². The van der Waals surface area contributed by atoms with Gasteiger partial charge in [0.25, 0.3) is 0 Å². The van der Waals surface area contributed by atoms with E-state index in [1.54, 1.807) is 24.3 Å². The molecule has 0 heterocycles. The van der Waals surface area contributed by atoms with Crippen LogP contribution in [-0.2, 0) is 19.1 Å². The molecule has 0 amide bonds. The number of carbonyl (C=O) groups is 3. The van der Waals surface area contributed by atoms with E-state index in [9.17, 15) is 14.4 Å². The maximum atomic E-state index is 12.7. The Balaban J connectivity index is 1.48. The van der Waals surface area contributed by atoms with Crippen LogP contribution >= 0.6 is 0 Å². The van der Waals surface area contributed by atoms with E-state index in [1.165, 1.54) is 7.11 Å². The second kappa shape index (κ2) is 6.14. The zero-order valence-corrected chi connectivity index (χ0v) is 14.0. The van der Waals surface area contributed by atoms with Crippen LogP contribution in [0.15, 0.2) is 42.5 Å². The van der Waals surface area contributed by atoms with Crippen molar-refractivity contribution in [2.24, 2.45) is 35.5 Å². The molecule has 2 bridgehead atoms. The summed E-state index contributed by atoms with van der Waals surface area (Å²) in [4.78, 5) is 37.1. The zero-order valence-electron chi connectivity index (χ0n) is 14.0. The molecule has 0 unspecified atom stereocenters. The first-order valence-corrected chi connectivity index (χ1v) is 8.63. The van der Waals surface area contributed by atoms with Crippen LogP contribution in [0, 0.1) is 35.5 Å². The molecule has 0 spiro atoms. The van der Waals surface area contributed by atoms with Gasteiger partial charge in [0.15, 0.2) is 12.4 Å². The van der Waals surface area contributed by atoms with Crippen molar-refractivity contribution in [2.75, 3.05) is 13.7 Å². The van der Waals surface area contributed by atoms with Gasteiger partial charge in [-0.3, -0.25) is 14.4 Å². The van der Waals surface area contributed by atoms with Crippen molar-refractivity contribution in [3.05, 3.63) is 48.0 Å². The molecule has 6 atom stereocenters. The number of hydrogen-bond donors (Lipinski definition) is 0. The van der Waals surface area contributed by atoms with E-state index in [0.717, 1.165) is 6.42 Å². The Kier molecular flexibility index (Phi) is 3.94. The van der Waals surface area contributed by atoms with Gasteiger partial charge >= 0.3 is 11.9 Å². The van der Waals surface area contributed by atoms with Crippen LogP contribution in [0.2, 0.25) is 0 Å². The van der Waals surface area contributed by atoms with Crippen molar-refractivity contribution in [1.29, 1.82) is 0 Å². The van der Waals surface area contributed by atoms with Gasteiger partial charge < -0.3 is 9.47 Å². The van der Waals surface area contributed by atoms with Gasteiger partial charge in [-0.05, 0) is 30.1 Å². The third-order valence-corrected chi connectivity index (χ3v) is 5.84. The molecule has 4 aliphatic carbocycles. The lowest BCUT2D eigenvalue weighted by Crippen LogP contribution is -2.47. The minimum Gasteiger partial charge on any atom is -0.469 e. The van der Waals surface area contributed by atoms with Crippen LogP contribution in [0.25, 0.3) is 0 Å². The number of benzene rings is 1. The SMILES string of the molecule is COC(=O)[C@H]1[C@H]2C=C[C@H]([C@H]3C[C@H]23)[C@@H]1C(=O)OCC(=O)c1ccccc1. The van der Waals surface area contributed by atoms with Crippen molar-refractivity contribution in [2.45, 2.75) is 6.42 Å². The smallest absolute Gasteiger partial charge is 0.310 e. The predicted molar refractivity (Wildman–Crippen MR) is 88.4 cm³/mol. The maximum absolute atomic E-state index is 12.7. The largest absolute Gasteiger partial charge is 0.469 e. The fourth-order valence-corrected chi connectivity index (χ4v) is 4.60. The molecule has 0 radical (unpaired) electrons. The van der Waals surface area contributed by atoms with Crippen molar-refractivity contribution >= 4 is 17.7 Å². The number of rotatable bonds is 5. The summed E-state index contributed by atoms with van der Waals surface area (Å²) in [7, 11) is 1.35. The molecule has 5 nitrogen and oxygen atoms in total. The highest BCUT2D eigenvalue weighted by Crippen LogP contribution is 2.63. The maximum Gasteiger partial charge on any atom is 0.310 e. The Morgan fingerprint density at radius 3 is 2.16 bits per heavy atom. The van der Waals surface area contributed by atoms with Crippen LogP contribution in [0.3, 0.4) is 0 Å². The van der Waals surface area contributed by atoms with E-state index >= 15 is 0 Å². The molecular formula is C20H20O5. The minimum absolute atomic E-state index is 0.0124. The molecule has 4 aliphatic rings. The second-order valence-corrected chi connectivity index (χ2v) is 7.07. The Morgan fingerprint density at radius 2 is 1.56 bits per heavy atom. The average Bonchev–Trinajstić information content (AvgIpc) is 3.47. The summed E-state index contributed by atoms with van der Waals surface area (Å²) in [6.07, 6.45) is 5.14. The topological polar surface area (TPSA) is 69.7 Å². The lowest BCUT2D eigenvalue weighted by Gasteiger charge is -2.41. The average molecular weight is 340 g/mol. The fraction of sp³-hybridized carbons (Fsp3) is 0.450. The number of Topliss-reactive ketones (excluding diaryl/α,β-unsaturated/α-hetero) is 1. The summed E-state index contributed by atoms with van der Waals surface area (Å²) in [6.45, 7) is -0.303. The normalized spacial score (nSPS) is 34.1. The first-order chi connectivity index (χ1) is 12.1. The first-order valence-electron chi connectivity index (χ1n) is 8.63. The Labute approximate surface area is 146 Å². The van der Waals surface area contributed by atoms with Gasteiger partial charge in [-0.15, -0.1) is 0 Å². The summed E-state index contributed by atoms with van der Waals surface area (Å²) in [5.74, 6) is -1.12. The van der Waals surface area contributed by atoms with E-state index < -0.39 is 17.8 Å². The Morgan fingerprint density at radius 1 is 0.960 bits per heavy atom. The summed E-state index contributed by atoms with van der Waals surface area (Å²) in [5, 5.41) is 0. The van der Waals surface area contributed by atoms with Crippen molar-refractivity contribution in [1.82, 2.24) is 0 Å². The van der Waals surface area contributed by atoms with Gasteiger partial charge in [-0.2, -0.15) is 0 Å². The van der Waals surface area contributed by atoms with Crippen molar-refractivity contribution < 1.29 is 23.9 Å².